The second-order valence-electron chi connectivity index (χ2n) is 3.27. The van der Waals surface area contributed by atoms with Crippen molar-refractivity contribution in [3.63, 3.8) is 0 Å². The number of carboxylic acid groups (broad SMARTS) is 1. The number of hydrogen-bond acceptors (Lipinski definition) is 4. The van der Waals surface area contributed by atoms with Gasteiger partial charge in [0, 0.05) is 6.61 Å². The lowest BCUT2D eigenvalue weighted by Crippen LogP contribution is -2.31. The van der Waals surface area contributed by atoms with E-state index < -0.39 is 12.0 Å². The van der Waals surface area contributed by atoms with Crippen molar-refractivity contribution in [1.82, 2.24) is 0 Å². The molecule has 0 amide bonds. The minimum atomic E-state index is -0.993. The van der Waals surface area contributed by atoms with Gasteiger partial charge in [0.05, 0.1) is 19.3 Å². The number of nitrogens with two attached hydrogens (primary N) is 1. The van der Waals surface area contributed by atoms with Crippen LogP contribution in [0.15, 0.2) is 0 Å². The van der Waals surface area contributed by atoms with E-state index in [1.165, 1.54) is 0 Å². The van der Waals surface area contributed by atoms with Gasteiger partial charge in [-0.05, 0) is 20.3 Å². The summed E-state index contributed by atoms with van der Waals surface area (Å²) in [6.45, 7) is 5.25. The van der Waals surface area contributed by atoms with Crippen LogP contribution in [0.5, 0.6) is 0 Å². The summed E-state index contributed by atoms with van der Waals surface area (Å²) < 4.78 is 10.4. The predicted molar refractivity (Wildman–Crippen MR) is 52.1 cm³/mol. The predicted octanol–water partition coefficient (Wildman–Crippen LogP) is 0.230. The molecule has 0 aliphatic rings. The molecule has 5 heteroatoms. The van der Waals surface area contributed by atoms with E-state index >= 15 is 0 Å². The van der Waals surface area contributed by atoms with Crippen LogP contribution >= 0.6 is 0 Å². The number of rotatable bonds is 8. The quantitative estimate of drug-likeness (QED) is 0.554. The maximum Gasteiger partial charge on any atom is 0.320 e. The van der Waals surface area contributed by atoms with E-state index in [0.717, 1.165) is 0 Å². The van der Waals surface area contributed by atoms with Gasteiger partial charge in [-0.3, -0.25) is 4.79 Å². The number of ether oxygens (including phenoxy) is 2. The molecule has 3 N–H and O–H groups in total. The Labute approximate surface area is 84.2 Å². The van der Waals surface area contributed by atoms with E-state index in [1.54, 1.807) is 0 Å². The minimum absolute atomic E-state index is 0.194. The van der Waals surface area contributed by atoms with E-state index in [9.17, 15) is 4.79 Å². The van der Waals surface area contributed by atoms with Gasteiger partial charge in [-0.15, -0.1) is 0 Å². The van der Waals surface area contributed by atoms with Crippen LogP contribution in [-0.2, 0) is 14.3 Å². The zero-order chi connectivity index (χ0) is 11.0. The standard InChI is InChI=1S/C9H19NO4/c1-7(2)14-6-5-13-4-3-8(10)9(11)12/h7-8H,3-6,10H2,1-2H3,(H,11,12). The van der Waals surface area contributed by atoms with E-state index in [0.29, 0.717) is 26.2 Å². The zero-order valence-electron chi connectivity index (χ0n) is 8.73. The molecule has 14 heavy (non-hydrogen) atoms. The summed E-state index contributed by atoms with van der Waals surface area (Å²) in [6.07, 6.45) is 0.525. The van der Waals surface area contributed by atoms with Crippen LogP contribution in [0.3, 0.4) is 0 Å². The van der Waals surface area contributed by atoms with Crippen LogP contribution in [-0.4, -0.2) is 43.0 Å². The fraction of sp³-hybridized carbons (Fsp3) is 0.889. The Kier molecular flexibility index (Phi) is 7.37. The second-order valence-corrected chi connectivity index (χ2v) is 3.27. The van der Waals surface area contributed by atoms with Gasteiger partial charge in [0.25, 0.3) is 0 Å². The van der Waals surface area contributed by atoms with Gasteiger partial charge in [-0.1, -0.05) is 0 Å². The van der Waals surface area contributed by atoms with Gasteiger partial charge in [0.2, 0.25) is 0 Å². The molecule has 0 aromatic carbocycles. The highest BCUT2D eigenvalue weighted by Gasteiger charge is 2.10. The molecule has 0 spiro atoms. The SMILES string of the molecule is CC(C)OCCOCCC(N)C(=O)O. The molecule has 0 radical (unpaired) electrons. The van der Waals surface area contributed by atoms with Crippen molar-refractivity contribution >= 4 is 5.97 Å². The first kappa shape index (κ1) is 13.4. The topological polar surface area (TPSA) is 81.8 Å². The van der Waals surface area contributed by atoms with Crippen molar-refractivity contribution < 1.29 is 19.4 Å². The molecule has 0 aromatic rings. The molecule has 0 saturated carbocycles. The fourth-order valence-electron chi connectivity index (χ4n) is 0.779. The van der Waals surface area contributed by atoms with E-state index in [2.05, 4.69) is 0 Å². The van der Waals surface area contributed by atoms with E-state index in [4.69, 9.17) is 20.3 Å². The molecule has 84 valence electrons. The van der Waals surface area contributed by atoms with Crippen molar-refractivity contribution in [1.29, 1.82) is 0 Å². The first-order chi connectivity index (χ1) is 6.54. The molecular formula is C9H19NO4. The fourth-order valence-corrected chi connectivity index (χ4v) is 0.779. The van der Waals surface area contributed by atoms with Crippen molar-refractivity contribution in [2.24, 2.45) is 5.73 Å². The molecule has 0 saturated heterocycles. The van der Waals surface area contributed by atoms with Gasteiger partial charge >= 0.3 is 5.97 Å². The largest absolute Gasteiger partial charge is 0.480 e. The molecule has 0 rings (SSSR count). The highest BCUT2D eigenvalue weighted by Crippen LogP contribution is 1.91. The summed E-state index contributed by atoms with van der Waals surface area (Å²) in [5.41, 5.74) is 5.27. The van der Waals surface area contributed by atoms with Gasteiger partial charge in [-0.25, -0.2) is 0 Å². The lowest BCUT2D eigenvalue weighted by molar-refractivity contribution is -0.139. The number of aliphatic carboxylic acids is 1. The maximum atomic E-state index is 10.3. The Morgan fingerprint density at radius 3 is 2.50 bits per heavy atom. The van der Waals surface area contributed by atoms with Gasteiger partial charge in [0.1, 0.15) is 6.04 Å². The summed E-state index contributed by atoms with van der Waals surface area (Å²) in [5, 5.41) is 8.45. The highest BCUT2D eigenvalue weighted by atomic mass is 16.5. The van der Waals surface area contributed by atoms with Crippen LogP contribution in [0.25, 0.3) is 0 Å². The van der Waals surface area contributed by atoms with Crippen LogP contribution in [0, 0.1) is 0 Å². The smallest absolute Gasteiger partial charge is 0.320 e. The van der Waals surface area contributed by atoms with Gasteiger partial charge in [-0.2, -0.15) is 0 Å². The number of hydrogen-bond donors (Lipinski definition) is 2. The molecule has 0 bridgehead atoms. The Balaban J connectivity index is 3.17. The lowest BCUT2D eigenvalue weighted by atomic mass is 10.2. The van der Waals surface area contributed by atoms with Crippen LogP contribution in [0.2, 0.25) is 0 Å². The van der Waals surface area contributed by atoms with Crippen molar-refractivity contribution in [3.05, 3.63) is 0 Å². The summed E-state index contributed by atoms with van der Waals surface area (Å²) in [7, 11) is 0. The summed E-state index contributed by atoms with van der Waals surface area (Å²) in [4.78, 5) is 10.3. The highest BCUT2D eigenvalue weighted by molar-refractivity contribution is 5.72. The maximum absolute atomic E-state index is 10.3. The monoisotopic (exact) mass is 205 g/mol. The molecule has 0 heterocycles. The first-order valence-electron chi connectivity index (χ1n) is 4.71. The van der Waals surface area contributed by atoms with Crippen molar-refractivity contribution in [3.8, 4) is 0 Å². The Morgan fingerprint density at radius 1 is 1.36 bits per heavy atom. The number of carboxylic acids is 1. The molecule has 0 fully saturated rings. The average Bonchev–Trinajstić information content (AvgIpc) is 2.09. The Bertz CT molecular complexity index is 161. The first-order valence-corrected chi connectivity index (χ1v) is 4.71. The van der Waals surface area contributed by atoms with Crippen LogP contribution in [0.1, 0.15) is 20.3 Å². The molecule has 0 aromatic heterocycles. The normalized spacial score (nSPS) is 13.1. The van der Waals surface area contributed by atoms with Crippen LogP contribution < -0.4 is 5.73 Å². The third-order valence-corrected chi connectivity index (χ3v) is 1.57. The Morgan fingerprint density at radius 2 is 2.00 bits per heavy atom. The molecule has 0 aliphatic carbocycles. The third-order valence-electron chi connectivity index (χ3n) is 1.57. The van der Waals surface area contributed by atoms with Crippen molar-refractivity contribution in [2.45, 2.75) is 32.4 Å². The minimum Gasteiger partial charge on any atom is -0.480 e. The third kappa shape index (κ3) is 7.97. The second kappa shape index (κ2) is 7.73. The molecular weight excluding hydrogens is 186 g/mol. The molecule has 1 atom stereocenters. The van der Waals surface area contributed by atoms with Crippen LogP contribution in [0.4, 0.5) is 0 Å². The van der Waals surface area contributed by atoms with E-state index in [-0.39, 0.29) is 6.10 Å². The summed E-state index contributed by atoms with van der Waals surface area (Å²) in [6, 6.07) is -0.832. The lowest BCUT2D eigenvalue weighted by Gasteiger charge is -2.09. The molecule has 0 aliphatic heterocycles. The van der Waals surface area contributed by atoms with Gasteiger partial charge in [0.15, 0.2) is 0 Å². The summed E-state index contributed by atoms with van der Waals surface area (Å²) in [5.74, 6) is -0.993. The zero-order valence-corrected chi connectivity index (χ0v) is 8.73. The molecule has 5 nitrogen and oxygen atoms in total. The molecule has 1 unspecified atom stereocenters. The summed E-state index contributed by atoms with van der Waals surface area (Å²) >= 11 is 0. The van der Waals surface area contributed by atoms with Gasteiger partial charge < -0.3 is 20.3 Å². The van der Waals surface area contributed by atoms with Crippen molar-refractivity contribution in [2.75, 3.05) is 19.8 Å². The van der Waals surface area contributed by atoms with E-state index in [1.807, 2.05) is 13.8 Å². The average molecular weight is 205 g/mol. The Hall–Kier alpha value is -0.650. The number of carbonyl (C=O) groups is 1.